The molecule has 1 unspecified atom stereocenters. The molecule has 0 aromatic heterocycles. The molecule has 1 N–H and O–H groups in total. The highest BCUT2D eigenvalue weighted by Gasteiger charge is 2.30. The number of benzene rings is 2. The molecule has 1 saturated heterocycles. The maximum atomic E-state index is 12.9. The van der Waals surface area contributed by atoms with Gasteiger partial charge in [-0.05, 0) is 43.6 Å². The summed E-state index contributed by atoms with van der Waals surface area (Å²) < 4.78 is 44.1. The van der Waals surface area contributed by atoms with Crippen molar-refractivity contribution in [3.63, 3.8) is 0 Å². The summed E-state index contributed by atoms with van der Waals surface area (Å²) in [6.45, 7) is 2.25. The summed E-state index contributed by atoms with van der Waals surface area (Å²) >= 11 is 0. The lowest BCUT2D eigenvalue weighted by Gasteiger charge is -2.29. The first-order valence-electron chi connectivity index (χ1n) is 9.68. The Morgan fingerprint density at radius 1 is 1.14 bits per heavy atom. The minimum absolute atomic E-state index is 0.0425. The Labute approximate surface area is 168 Å². The van der Waals surface area contributed by atoms with Gasteiger partial charge >= 0.3 is 6.18 Å². The third kappa shape index (κ3) is 5.50. The quantitative estimate of drug-likeness (QED) is 0.749. The number of methoxy groups -OCH3 is 1. The Hall–Kier alpha value is -2.54. The molecule has 1 aliphatic rings. The van der Waals surface area contributed by atoms with Crippen molar-refractivity contribution >= 4 is 5.91 Å². The largest absolute Gasteiger partial charge is 0.496 e. The maximum absolute atomic E-state index is 12.9. The first-order valence-corrected chi connectivity index (χ1v) is 9.68. The number of carbonyl (C=O) groups excluding carboxylic acids is 1. The number of nitrogens with zero attached hydrogens (tertiary/aromatic N) is 1. The molecular formula is C22H25F3N2O2. The minimum Gasteiger partial charge on any atom is -0.496 e. The van der Waals surface area contributed by atoms with Crippen LogP contribution in [0.5, 0.6) is 5.75 Å². The van der Waals surface area contributed by atoms with E-state index < -0.39 is 11.7 Å². The minimum atomic E-state index is -4.42. The van der Waals surface area contributed by atoms with Crippen LogP contribution in [-0.2, 0) is 17.4 Å². The summed E-state index contributed by atoms with van der Waals surface area (Å²) in [6.07, 6.45) is -2.31. The van der Waals surface area contributed by atoms with E-state index in [1.807, 2.05) is 24.3 Å². The average molecular weight is 406 g/mol. The van der Waals surface area contributed by atoms with Crippen molar-refractivity contribution in [2.24, 2.45) is 0 Å². The van der Waals surface area contributed by atoms with E-state index in [0.717, 1.165) is 49.4 Å². The van der Waals surface area contributed by atoms with E-state index in [9.17, 15) is 18.0 Å². The van der Waals surface area contributed by atoms with E-state index in [4.69, 9.17) is 4.74 Å². The number of ether oxygens (including phenoxy) is 1. The van der Waals surface area contributed by atoms with Crippen LogP contribution in [0.1, 0.15) is 35.6 Å². The number of rotatable bonds is 7. The highest BCUT2D eigenvalue weighted by Crippen LogP contribution is 2.31. The fourth-order valence-corrected chi connectivity index (χ4v) is 3.75. The molecule has 0 aliphatic carbocycles. The first kappa shape index (κ1) is 21.2. The molecule has 0 radical (unpaired) electrons. The fourth-order valence-electron chi connectivity index (χ4n) is 3.75. The second kappa shape index (κ2) is 9.31. The number of halogens is 3. The lowest BCUT2D eigenvalue weighted by molar-refractivity contribution is -0.137. The van der Waals surface area contributed by atoms with E-state index in [1.165, 1.54) is 12.1 Å². The van der Waals surface area contributed by atoms with Crippen LogP contribution in [0.4, 0.5) is 13.2 Å². The summed E-state index contributed by atoms with van der Waals surface area (Å²) in [5, 5.41) is 2.90. The van der Waals surface area contributed by atoms with Crippen LogP contribution in [0.25, 0.3) is 0 Å². The second-order valence-electron chi connectivity index (χ2n) is 7.18. The van der Waals surface area contributed by atoms with Crippen LogP contribution in [0.15, 0.2) is 48.5 Å². The van der Waals surface area contributed by atoms with E-state index in [-0.39, 0.29) is 18.4 Å². The number of alkyl halides is 3. The van der Waals surface area contributed by atoms with Gasteiger partial charge in [0.25, 0.3) is 0 Å². The average Bonchev–Trinajstić information content (AvgIpc) is 3.22. The van der Waals surface area contributed by atoms with Crippen LogP contribution in [0.2, 0.25) is 0 Å². The van der Waals surface area contributed by atoms with Gasteiger partial charge in [0.2, 0.25) is 5.91 Å². The maximum Gasteiger partial charge on any atom is 0.416 e. The summed E-state index contributed by atoms with van der Waals surface area (Å²) in [7, 11) is 1.62. The zero-order chi connectivity index (χ0) is 20.9. The van der Waals surface area contributed by atoms with Crippen molar-refractivity contribution in [1.82, 2.24) is 10.2 Å². The van der Waals surface area contributed by atoms with Crippen molar-refractivity contribution in [3.8, 4) is 5.75 Å². The van der Waals surface area contributed by atoms with Crippen molar-refractivity contribution in [1.29, 1.82) is 0 Å². The normalized spacial score (nSPS) is 15.9. The number of carbonyl (C=O) groups is 1. The number of hydrogen-bond donors (Lipinski definition) is 1. The predicted molar refractivity (Wildman–Crippen MR) is 105 cm³/mol. The number of likely N-dealkylation sites (tertiary alicyclic amines) is 1. The Bertz CT molecular complexity index is 833. The lowest BCUT2D eigenvalue weighted by Crippen LogP contribution is -2.37. The Kier molecular flexibility index (Phi) is 6.79. The third-order valence-corrected chi connectivity index (χ3v) is 5.19. The SMILES string of the molecule is COc1ccccc1C(CNC(=O)Cc1cccc(C(F)(F)F)c1)N1CCCC1. The highest BCUT2D eigenvalue weighted by atomic mass is 19.4. The number of para-hydroxylation sites is 1. The van der Waals surface area contributed by atoms with Gasteiger partial charge in [-0.15, -0.1) is 0 Å². The molecule has 1 aliphatic heterocycles. The fraction of sp³-hybridized carbons (Fsp3) is 0.409. The van der Waals surface area contributed by atoms with Gasteiger partial charge in [-0.2, -0.15) is 13.2 Å². The third-order valence-electron chi connectivity index (χ3n) is 5.19. The molecule has 0 bridgehead atoms. The van der Waals surface area contributed by atoms with Crippen LogP contribution in [0.3, 0.4) is 0 Å². The standard InChI is InChI=1S/C22H25F3N2O2/c1-29-20-10-3-2-9-18(20)19(27-11-4-5-12-27)15-26-21(28)14-16-7-6-8-17(13-16)22(23,24)25/h2-3,6-10,13,19H,4-5,11-12,14-15H2,1H3,(H,26,28). The van der Waals surface area contributed by atoms with E-state index in [2.05, 4.69) is 10.2 Å². The zero-order valence-corrected chi connectivity index (χ0v) is 16.3. The zero-order valence-electron chi connectivity index (χ0n) is 16.3. The molecule has 1 atom stereocenters. The molecule has 4 nitrogen and oxygen atoms in total. The van der Waals surface area contributed by atoms with E-state index in [0.29, 0.717) is 12.1 Å². The van der Waals surface area contributed by atoms with Crippen molar-refractivity contribution in [3.05, 3.63) is 65.2 Å². The van der Waals surface area contributed by atoms with Crippen LogP contribution in [-0.4, -0.2) is 37.6 Å². The van der Waals surface area contributed by atoms with E-state index in [1.54, 1.807) is 7.11 Å². The number of nitrogens with one attached hydrogen (secondary N) is 1. The molecule has 3 rings (SSSR count). The van der Waals surface area contributed by atoms with Gasteiger partial charge < -0.3 is 10.1 Å². The van der Waals surface area contributed by atoms with Gasteiger partial charge in [0, 0.05) is 12.1 Å². The van der Waals surface area contributed by atoms with Crippen LogP contribution >= 0.6 is 0 Å². The topological polar surface area (TPSA) is 41.6 Å². The summed E-state index contributed by atoms with van der Waals surface area (Å²) in [4.78, 5) is 14.7. The summed E-state index contributed by atoms with van der Waals surface area (Å²) in [5.41, 5.74) is 0.593. The highest BCUT2D eigenvalue weighted by molar-refractivity contribution is 5.78. The molecule has 2 aromatic rings. The van der Waals surface area contributed by atoms with Gasteiger partial charge in [0.1, 0.15) is 5.75 Å². The van der Waals surface area contributed by atoms with Crippen molar-refractivity contribution in [2.45, 2.75) is 31.5 Å². The van der Waals surface area contributed by atoms with Crippen molar-refractivity contribution < 1.29 is 22.7 Å². The molecule has 0 spiro atoms. The number of hydrogen-bond acceptors (Lipinski definition) is 3. The Morgan fingerprint density at radius 2 is 1.86 bits per heavy atom. The van der Waals surface area contributed by atoms with Gasteiger partial charge in [-0.1, -0.05) is 36.4 Å². The molecule has 1 heterocycles. The Balaban J connectivity index is 1.69. The van der Waals surface area contributed by atoms with Gasteiger partial charge in [0.05, 0.1) is 25.1 Å². The molecule has 1 fully saturated rings. The lowest BCUT2D eigenvalue weighted by atomic mass is 10.0. The molecule has 0 saturated carbocycles. The monoisotopic (exact) mass is 406 g/mol. The molecule has 2 aromatic carbocycles. The van der Waals surface area contributed by atoms with Crippen LogP contribution < -0.4 is 10.1 Å². The predicted octanol–water partition coefficient (Wildman–Crippen LogP) is 4.21. The van der Waals surface area contributed by atoms with E-state index >= 15 is 0 Å². The van der Waals surface area contributed by atoms with Crippen LogP contribution in [0, 0.1) is 0 Å². The van der Waals surface area contributed by atoms with Crippen molar-refractivity contribution in [2.75, 3.05) is 26.7 Å². The van der Waals surface area contributed by atoms with Gasteiger partial charge in [-0.3, -0.25) is 9.69 Å². The number of amides is 1. The molecule has 7 heteroatoms. The Morgan fingerprint density at radius 3 is 2.55 bits per heavy atom. The first-order chi connectivity index (χ1) is 13.9. The second-order valence-corrected chi connectivity index (χ2v) is 7.18. The summed E-state index contributed by atoms with van der Waals surface area (Å²) in [5.74, 6) is 0.458. The molecule has 1 amide bonds. The molecule has 156 valence electrons. The van der Waals surface area contributed by atoms with Gasteiger partial charge in [0.15, 0.2) is 0 Å². The summed E-state index contributed by atoms with van der Waals surface area (Å²) in [6, 6.07) is 12.6. The van der Waals surface area contributed by atoms with Gasteiger partial charge in [-0.25, -0.2) is 0 Å². The smallest absolute Gasteiger partial charge is 0.416 e. The molecule has 29 heavy (non-hydrogen) atoms. The molecular weight excluding hydrogens is 381 g/mol.